The monoisotopic (exact) mass is 344 g/mol. The van der Waals surface area contributed by atoms with Crippen molar-refractivity contribution in [3.8, 4) is 0 Å². The van der Waals surface area contributed by atoms with Crippen LogP contribution < -0.4 is 5.73 Å². The van der Waals surface area contributed by atoms with Crippen molar-refractivity contribution in [1.29, 1.82) is 0 Å². The molecule has 4 heteroatoms. The SMILES string of the molecule is CCN1CCCCC(CN)C1c1cc(Cl)ccc1Br. The summed E-state index contributed by atoms with van der Waals surface area (Å²) in [7, 11) is 0. The second-order valence-corrected chi connectivity index (χ2v) is 6.52. The van der Waals surface area contributed by atoms with Crippen molar-refractivity contribution in [2.45, 2.75) is 32.2 Å². The molecule has 1 fully saturated rings. The van der Waals surface area contributed by atoms with Gasteiger partial charge in [0.2, 0.25) is 0 Å². The minimum Gasteiger partial charge on any atom is -0.330 e. The lowest BCUT2D eigenvalue weighted by molar-refractivity contribution is 0.166. The van der Waals surface area contributed by atoms with Crippen LogP contribution in [0.15, 0.2) is 22.7 Å². The number of likely N-dealkylation sites (tertiary alicyclic amines) is 1. The van der Waals surface area contributed by atoms with Gasteiger partial charge in [-0.25, -0.2) is 0 Å². The maximum absolute atomic E-state index is 6.19. The first-order valence-corrected chi connectivity index (χ1v) is 8.23. The molecular weight excluding hydrogens is 324 g/mol. The maximum Gasteiger partial charge on any atom is 0.0410 e. The highest BCUT2D eigenvalue weighted by Crippen LogP contribution is 2.38. The number of hydrogen-bond donors (Lipinski definition) is 1. The average molecular weight is 346 g/mol. The maximum atomic E-state index is 6.19. The summed E-state index contributed by atoms with van der Waals surface area (Å²) in [5.41, 5.74) is 7.31. The summed E-state index contributed by atoms with van der Waals surface area (Å²) in [6, 6.07) is 6.45. The molecule has 1 saturated heterocycles. The normalized spacial score (nSPS) is 25.3. The highest BCUT2D eigenvalue weighted by atomic mass is 79.9. The van der Waals surface area contributed by atoms with Crippen LogP contribution in [0, 0.1) is 5.92 Å². The first-order valence-electron chi connectivity index (χ1n) is 7.06. The lowest BCUT2D eigenvalue weighted by atomic mass is 9.89. The molecule has 0 aromatic heterocycles. The zero-order valence-electron chi connectivity index (χ0n) is 11.4. The lowest BCUT2D eigenvalue weighted by Crippen LogP contribution is -2.35. The molecule has 1 aliphatic heterocycles. The van der Waals surface area contributed by atoms with E-state index < -0.39 is 0 Å². The molecule has 1 aliphatic rings. The van der Waals surface area contributed by atoms with Crippen LogP contribution >= 0.6 is 27.5 Å². The van der Waals surface area contributed by atoms with E-state index in [0.29, 0.717) is 12.0 Å². The number of hydrogen-bond acceptors (Lipinski definition) is 2. The van der Waals surface area contributed by atoms with E-state index in [0.717, 1.165) is 29.1 Å². The van der Waals surface area contributed by atoms with Gasteiger partial charge in [0, 0.05) is 15.5 Å². The molecule has 2 nitrogen and oxygen atoms in total. The summed E-state index contributed by atoms with van der Waals surface area (Å²) in [5, 5.41) is 0.800. The third-order valence-corrected chi connectivity index (χ3v) is 5.05. The number of nitrogens with two attached hydrogens (primary N) is 1. The largest absolute Gasteiger partial charge is 0.330 e. The topological polar surface area (TPSA) is 29.3 Å². The summed E-state index contributed by atoms with van der Waals surface area (Å²) >= 11 is 9.87. The van der Waals surface area contributed by atoms with Crippen LogP contribution in [0.5, 0.6) is 0 Å². The van der Waals surface area contributed by atoms with Gasteiger partial charge in [0.15, 0.2) is 0 Å². The molecule has 2 N–H and O–H groups in total. The van der Waals surface area contributed by atoms with E-state index in [4.69, 9.17) is 17.3 Å². The quantitative estimate of drug-likeness (QED) is 0.888. The molecule has 1 aromatic carbocycles. The molecule has 0 saturated carbocycles. The molecular formula is C15H22BrClN2. The van der Waals surface area contributed by atoms with Gasteiger partial charge in [0.05, 0.1) is 0 Å². The Kier molecular flexibility index (Phi) is 5.70. The first-order chi connectivity index (χ1) is 9.17. The molecule has 1 aromatic rings. The highest BCUT2D eigenvalue weighted by Gasteiger charge is 2.30. The fourth-order valence-electron chi connectivity index (χ4n) is 3.11. The van der Waals surface area contributed by atoms with Crippen molar-refractivity contribution >= 4 is 27.5 Å². The molecule has 0 aliphatic carbocycles. The minimum atomic E-state index is 0.380. The average Bonchev–Trinajstić information content (AvgIpc) is 2.63. The third-order valence-electron chi connectivity index (χ3n) is 4.10. The summed E-state index contributed by atoms with van der Waals surface area (Å²) in [6.45, 7) is 5.17. The zero-order chi connectivity index (χ0) is 13.8. The third kappa shape index (κ3) is 3.52. The molecule has 0 amide bonds. The number of rotatable bonds is 3. The Hall–Kier alpha value is -0.0900. The van der Waals surface area contributed by atoms with Crippen molar-refractivity contribution in [3.63, 3.8) is 0 Å². The van der Waals surface area contributed by atoms with E-state index in [1.807, 2.05) is 12.1 Å². The zero-order valence-corrected chi connectivity index (χ0v) is 13.8. The van der Waals surface area contributed by atoms with Crippen LogP contribution in [0.1, 0.15) is 37.8 Å². The molecule has 2 unspecified atom stereocenters. The van der Waals surface area contributed by atoms with Crippen molar-refractivity contribution in [2.75, 3.05) is 19.6 Å². The van der Waals surface area contributed by atoms with Crippen LogP contribution in [0.2, 0.25) is 5.02 Å². The summed E-state index contributed by atoms with van der Waals surface area (Å²) in [5.74, 6) is 0.511. The fraction of sp³-hybridized carbons (Fsp3) is 0.600. The minimum absolute atomic E-state index is 0.380. The Labute approximate surface area is 129 Å². The van der Waals surface area contributed by atoms with E-state index in [1.165, 1.54) is 24.8 Å². The van der Waals surface area contributed by atoms with Gasteiger partial charge in [-0.05, 0) is 62.2 Å². The van der Waals surface area contributed by atoms with E-state index in [9.17, 15) is 0 Å². The molecule has 2 rings (SSSR count). The van der Waals surface area contributed by atoms with Gasteiger partial charge < -0.3 is 5.73 Å². The van der Waals surface area contributed by atoms with Gasteiger partial charge >= 0.3 is 0 Å². The van der Waals surface area contributed by atoms with Crippen molar-refractivity contribution < 1.29 is 0 Å². The van der Waals surface area contributed by atoms with E-state index >= 15 is 0 Å². The van der Waals surface area contributed by atoms with E-state index in [1.54, 1.807) is 0 Å². The van der Waals surface area contributed by atoms with Gasteiger partial charge in [-0.2, -0.15) is 0 Å². The fourth-order valence-corrected chi connectivity index (χ4v) is 3.77. The Balaban J connectivity index is 2.41. The van der Waals surface area contributed by atoms with Crippen molar-refractivity contribution in [3.05, 3.63) is 33.3 Å². The van der Waals surface area contributed by atoms with E-state index in [-0.39, 0.29) is 0 Å². The van der Waals surface area contributed by atoms with Gasteiger partial charge in [-0.15, -0.1) is 0 Å². The molecule has 106 valence electrons. The number of nitrogens with zero attached hydrogens (tertiary/aromatic N) is 1. The summed E-state index contributed by atoms with van der Waals surface area (Å²) < 4.78 is 1.14. The molecule has 19 heavy (non-hydrogen) atoms. The summed E-state index contributed by atoms with van der Waals surface area (Å²) in [6.07, 6.45) is 3.74. The number of halogens is 2. The van der Waals surface area contributed by atoms with Crippen LogP contribution in [-0.4, -0.2) is 24.5 Å². The van der Waals surface area contributed by atoms with Crippen LogP contribution in [0.4, 0.5) is 0 Å². The van der Waals surface area contributed by atoms with Crippen molar-refractivity contribution in [1.82, 2.24) is 4.90 Å². The second kappa shape index (κ2) is 7.07. The van der Waals surface area contributed by atoms with Crippen LogP contribution in [-0.2, 0) is 0 Å². The standard InChI is InChI=1S/C15H22BrClN2/c1-2-19-8-4-3-5-11(10-18)15(19)13-9-12(17)6-7-14(13)16/h6-7,9,11,15H,2-5,8,10,18H2,1H3. The lowest BCUT2D eigenvalue weighted by Gasteiger charge is -2.35. The summed E-state index contributed by atoms with van der Waals surface area (Å²) in [4.78, 5) is 2.54. The van der Waals surface area contributed by atoms with Crippen LogP contribution in [0.25, 0.3) is 0 Å². The van der Waals surface area contributed by atoms with Gasteiger partial charge in [0.25, 0.3) is 0 Å². The Morgan fingerprint density at radius 3 is 2.89 bits per heavy atom. The predicted octanol–water partition coefficient (Wildman–Crippen LogP) is 4.22. The molecule has 0 spiro atoms. The molecule has 2 atom stereocenters. The Morgan fingerprint density at radius 1 is 1.42 bits per heavy atom. The smallest absolute Gasteiger partial charge is 0.0410 e. The van der Waals surface area contributed by atoms with E-state index in [2.05, 4.69) is 33.8 Å². The van der Waals surface area contributed by atoms with Crippen LogP contribution in [0.3, 0.4) is 0 Å². The first kappa shape index (κ1) is 15.3. The molecule has 0 radical (unpaired) electrons. The molecule has 0 bridgehead atoms. The number of benzene rings is 1. The van der Waals surface area contributed by atoms with Gasteiger partial charge in [0.1, 0.15) is 0 Å². The Bertz CT molecular complexity index is 411. The highest BCUT2D eigenvalue weighted by molar-refractivity contribution is 9.10. The second-order valence-electron chi connectivity index (χ2n) is 5.23. The Morgan fingerprint density at radius 2 is 2.21 bits per heavy atom. The van der Waals surface area contributed by atoms with Gasteiger partial charge in [-0.3, -0.25) is 4.90 Å². The predicted molar refractivity (Wildman–Crippen MR) is 85.5 cm³/mol. The molecule has 1 heterocycles. The van der Waals surface area contributed by atoms with Crippen molar-refractivity contribution in [2.24, 2.45) is 11.7 Å². The van der Waals surface area contributed by atoms with Gasteiger partial charge in [-0.1, -0.05) is 40.9 Å².